The summed E-state index contributed by atoms with van der Waals surface area (Å²) in [6.45, 7) is 4.19. The van der Waals surface area contributed by atoms with Gasteiger partial charge in [0.15, 0.2) is 0 Å². The molecule has 0 saturated carbocycles. The first-order valence-electron chi connectivity index (χ1n) is 6.17. The van der Waals surface area contributed by atoms with Crippen molar-refractivity contribution in [2.75, 3.05) is 20.7 Å². The minimum Gasteiger partial charge on any atom is -0.394 e. The van der Waals surface area contributed by atoms with Crippen molar-refractivity contribution in [3.05, 3.63) is 33.8 Å². The van der Waals surface area contributed by atoms with Gasteiger partial charge in [-0.2, -0.15) is 0 Å². The predicted octanol–water partition coefficient (Wildman–Crippen LogP) is 3.17. The van der Waals surface area contributed by atoms with Gasteiger partial charge in [0.05, 0.1) is 12.1 Å². The van der Waals surface area contributed by atoms with Crippen LogP contribution in [-0.4, -0.2) is 30.7 Å². The summed E-state index contributed by atoms with van der Waals surface area (Å²) in [5, 5.41) is 9.65. The molecule has 3 heteroatoms. The number of nitrogens with zero attached hydrogens (tertiary/aromatic N) is 1. The lowest BCUT2D eigenvalue weighted by Gasteiger charge is -2.35. The summed E-state index contributed by atoms with van der Waals surface area (Å²) in [7, 11) is 4.07. The van der Waals surface area contributed by atoms with E-state index in [4.69, 9.17) is 0 Å². The Morgan fingerprint density at radius 3 is 2.53 bits per heavy atom. The molecule has 1 aromatic carbocycles. The van der Waals surface area contributed by atoms with Crippen LogP contribution < -0.4 is 0 Å². The van der Waals surface area contributed by atoms with E-state index >= 15 is 0 Å². The SMILES string of the molecule is CC.CN(C)C1(CO)CCc2cc(Br)ccc21. The van der Waals surface area contributed by atoms with Gasteiger partial charge in [0.2, 0.25) is 0 Å². The van der Waals surface area contributed by atoms with Crippen LogP contribution in [0.3, 0.4) is 0 Å². The van der Waals surface area contributed by atoms with E-state index in [9.17, 15) is 5.11 Å². The van der Waals surface area contributed by atoms with Gasteiger partial charge in [-0.1, -0.05) is 35.8 Å². The van der Waals surface area contributed by atoms with Crippen molar-refractivity contribution in [2.24, 2.45) is 0 Å². The predicted molar refractivity (Wildman–Crippen MR) is 76.3 cm³/mol. The standard InChI is InChI=1S/C12H16BrNO.C2H6/c1-14(2)12(8-15)6-5-9-7-10(13)3-4-11(9)12;1-2/h3-4,7,15H,5-6,8H2,1-2H3;1-2H3. The summed E-state index contributed by atoms with van der Waals surface area (Å²) in [5.74, 6) is 0. The number of aliphatic hydroxyl groups is 1. The summed E-state index contributed by atoms with van der Waals surface area (Å²) in [6.07, 6.45) is 2.05. The molecule has 0 aromatic heterocycles. The molecule has 0 amide bonds. The Kier molecular flexibility index (Phi) is 5.17. The molecule has 0 spiro atoms. The second kappa shape index (κ2) is 5.98. The lowest BCUT2D eigenvalue weighted by atomic mass is 9.91. The summed E-state index contributed by atoms with van der Waals surface area (Å²) < 4.78 is 1.12. The number of benzene rings is 1. The fraction of sp³-hybridized carbons (Fsp3) is 0.571. The van der Waals surface area contributed by atoms with E-state index in [1.165, 1.54) is 11.1 Å². The van der Waals surface area contributed by atoms with Crippen LogP contribution in [0.1, 0.15) is 31.4 Å². The monoisotopic (exact) mass is 299 g/mol. The maximum atomic E-state index is 9.65. The van der Waals surface area contributed by atoms with Crippen molar-refractivity contribution in [2.45, 2.75) is 32.2 Å². The minimum atomic E-state index is -0.171. The van der Waals surface area contributed by atoms with Crippen LogP contribution in [0, 0.1) is 0 Å². The van der Waals surface area contributed by atoms with Crippen molar-refractivity contribution < 1.29 is 5.11 Å². The van der Waals surface area contributed by atoms with Crippen molar-refractivity contribution >= 4 is 15.9 Å². The van der Waals surface area contributed by atoms with Crippen LogP contribution >= 0.6 is 15.9 Å². The van der Waals surface area contributed by atoms with Gasteiger partial charge in [0.1, 0.15) is 0 Å². The quantitative estimate of drug-likeness (QED) is 0.907. The molecule has 0 aliphatic heterocycles. The van der Waals surface area contributed by atoms with Crippen LogP contribution in [0.4, 0.5) is 0 Å². The molecule has 1 unspecified atom stereocenters. The molecule has 0 fully saturated rings. The molecule has 0 radical (unpaired) electrons. The maximum Gasteiger partial charge on any atom is 0.0694 e. The van der Waals surface area contributed by atoms with Crippen molar-refractivity contribution in [1.82, 2.24) is 4.90 Å². The van der Waals surface area contributed by atoms with Crippen molar-refractivity contribution in [3.8, 4) is 0 Å². The fourth-order valence-corrected chi connectivity index (χ4v) is 2.88. The zero-order valence-electron chi connectivity index (χ0n) is 11.1. The van der Waals surface area contributed by atoms with Gasteiger partial charge in [-0.25, -0.2) is 0 Å². The summed E-state index contributed by atoms with van der Waals surface area (Å²) in [4.78, 5) is 2.13. The molecule has 2 rings (SSSR count). The summed E-state index contributed by atoms with van der Waals surface area (Å²) in [5.41, 5.74) is 2.46. The Labute approximate surface area is 113 Å². The highest BCUT2D eigenvalue weighted by Crippen LogP contribution is 2.40. The first kappa shape index (κ1) is 14.7. The second-order valence-corrected chi connectivity index (χ2v) is 5.30. The highest BCUT2D eigenvalue weighted by molar-refractivity contribution is 9.10. The smallest absolute Gasteiger partial charge is 0.0694 e. The Balaban J connectivity index is 0.000000686. The van der Waals surface area contributed by atoms with E-state index < -0.39 is 0 Å². The van der Waals surface area contributed by atoms with E-state index in [0.717, 1.165) is 17.3 Å². The average molecular weight is 300 g/mol. The third-order valence-electron chi connectivity index (χ3n) is 3.49. The number of likely N-dealkylation sites (N-methyl/N-ethyl adjacent to an activating group) is 1. The lowest BCUT2D eigenvalue weighted by Crippen LogP contribution is -2.42. The molecule has 17 heavy (non-hydrogen) atoms. The van der Waals surface area contributed by atoms with Crippen molar-refractivity contribution in [1.29, 1.82) is 0 Å². The minimum absolute atomic E-state index is 0.171. The first-order valence-corrected chi connectivity index (χ1v) is 6.96. The molecule has 0 saturated heterocycles. The van der Waals surface area contributed by atoms with Crippen LogP contribution in [0.25, 0.3) is 0 Å². The average Bonchev–Trinajstić information content (AvgIpc) is 2.70. The molecule has 1 atom stereocenters. The first-order chi connectivity index (χ1) is 8.10. The van der Waals surface area contributed by atoms with Crippen LogP contribution in [0.5, 0.6) is 0 Å². The number of fused-ring (bicyclic) bond motifs is 1. The number of aryl methyl sites for hydroxylation is 1. The molecule has 2 nitrogen and oxygen atoms in total. The molecule has 0 heterocycles. The van der Waals surface area contributed by atoms with Gasteiger partial charge >= 0.3 is 0 Å². The number of rotatable bonds is 2. The van der Waals surface area contributed by atoms with Crippen LogP contribution in [0.15, 0.2) is 22.7 Å². The zero-order valence-corrected chi connectivity index (χ0v) is 12.7. The number of hydrogen-bond donors (Lipinski definition) is 1. The third-order valence-corrected chi connectivity index (χ3v) is 3.99. The molecular formula is C14H22BrNO. The van der Waals surface area contributed by atoms with Crippen molar-refractivity contribution in [3.63, 3.8) is 0 Å². The highest BCUT2D eigenvalue weighted by Gasteiger charge is 2.39. The molecular weight excluding hydrogens is 278 g/mol. The Bertz CT molecular complexity index is 378. The fourth-order valence-electron chi connectivity index (χ4n) is 2.47. The van der Waals surface area contributed by atoms with Gasteiger partial charge in [0.25, 0.3) is 0 Å². The molecule has 1 aliphatic rings. The number of hydrogen-bond acceptors (Lipinski definition) is 2. The molecule has 0 bridgehead atoms. The highest BCUT2D eigenvalue weighted by atomic mass is 79.9. The summed E-state index contributed by atoms with van der Waals surface area (Å²) in [6, 6.07) is 6.34. The van der Waals surface area contributed by atoms with E-state index in [2.05, 4.69) is 39.0 Å². The molecule has 1 aliphatic carbocycles. The second-order valence-electron chi connectivity index (χ2n) is 4.39. The number of aliphatic hydroxyl groups excluding tert-OH is 1. The van der Waals surface area contributed by atoms with Crippen LogP contribution in [0.2, 0.25) is 0 Å². The Morgan fingerprint density at radius 1 is 1.35 bits per heavy atom. The third kappa shape index (κ3) is 2.56. The molecule has 96 valence electrons. The van der Waals surface area contributed by atoms with E-state index in [1.807, 2.05) is 27.9 Å². The molecule has 1 N–H and O–H groups in total. The van der Waals surface area contributed by atoms with Gasteiger partial charge in [-0.05, 0) is 50.2 Å². The van der Waals surface area contributed by atoms with Gasteiger partial charge in [-0.15, -0.1) is 0 Å². The number of halogens is 1. The van der Waals surface area contributed by atoms with E-state index in [0.29, 0.717) is 0 Å². The molecule has 1 aromatic rings. The van der Waals surface area contributed by atoms with Gasteiger partial charge in [-0.3, -0.25) is 4.90 Å². The van der Waals surface area contributed by atoms with E-state index in [1.54, 1.807) is 0 Å². The van der Waals surface area contributed by atoms with Gasteiger partial charge in [0, 0.05) is 4.47 Å². The zero-order chi connectivity index (χ0) is 13.1. The lowest BCUT2D eigenvalue weighted by molar-refractivity contribution is 0.0674. The maximum absolute atomic E-state index is 9.65. The summed E-state index contributed by atoms with van der Waals surface area (Å²) >= 11 is 3.49. The topological polar surface area (TPSA) is 23.5 Å². The Hall–Kier alpha value is -0.380. The normalized spacial score (nSPS) is 22.1. The largest absolute Gasteiger partial charge is 0.394 e. The van der Waals surface area contributed by atoms with Gasteiger partial charge < -0.3 is 5.11 Å². The van der Waals surface area contributed by atoms with Crippen LogP contribution in [-0.2, 0) is 12.0 Å². The van der Waals surface area contributed by atoms with E-state index in [-0.39, 0.29) is 12.1 Å². The Morgan fingerprint density at radius 2 is 2.00 bits per heavy atom.